The average molecular weight is 445 g/mol. The summed E-state index contributed by atoms with van der Waals surface area (Å²) in [5.74, 6) is -0.457. The molecule has 1 aromatic heterocycles. The first-order valence-corrected chi connectivity index (χ1v) is 12.2. The molecule has 32 heavy (non-hydrogen) atoms. The Morgan fingerprint density at radius 3 is 2.41 bits per heavy atom. The number of fused-ring (bicyclic) bond motifs is 1. The second-order valence-corrected chi connectivity index (χ2v) is 10.0. The van der Waals surface area contributed by atoms with Gasteiger partial charge in [-0.15, -0.1) is 11.3 Å². The number of aryl methyl sites for hydroxylation is 2. The van der Waals surface area contributed by atoms with Gasteiger partial charge in [0.05, 0.1) is 12.0 Å². The fourth-order valence-electron chi connectivity index (χ4n) is 5.45. The van der Waals surface area contributed by atoms with Gasteiger partial charge in [0.1, 0.15) is 0 Å². The van der Waals surface area contributed by atoms with E-state index >= 15 is 0 Å². The van der Waals surface area contributed by atoms with E-state index in [-0.39, 0.29) is 23.9 Å². The lowest BCUT2D eigenvalue weighted by molar-refractivity contribution is -0.119. The van der Waals surface area contributed by atoms with Gasteiger partial charge in [-0.3, -0.25) is 9.59 Å². The summed E-state index contributed by atoms with van der Waals surface area (Å²) < 4.78 is 0. The first-order chi connectivity index (χ1) is 15.5. The first-order valence-electron chi connectivity index (χ1n) is 11.4. The zero-order valence-electron chi connectivity index (χ0n) is 18.5. The first kappa shape index (κ1) is 21.0. The molecule has 2 amide bonds. The molecule has 1 fully saturated rings. The third-order valence-corrected chi connectivity index (χ3v) is 7.64. The number of nitrogens with zero attached hydrogens (tertiary/aromatic N) is 1. The van der Waals surface area contributed by atoms with E-state index in [9.17, 15) is 9.59 Å². The topological polar surface area (TPSA) is 49.4 Å². The molecule has 0 saturated heterocycles. The summed E-state index contributed by atoms with van der Waals surface area (Å²) in [5, 5.41) is 5.21. The molecule has 3 aromatic rings. The number of carbonyl (C=O) groups is 2. The minimum atomic E-state index is -0.455. The lowest BCUT2D eigenvalue weighted by Crippen LogP contribution is -2.49. The summed E-state index contributed by atoms with van der Waals surface area (Å²) in [6.45, 7) is 4.07. The minimum Gasteiger partial charge on any atom is -0.327 e. The highest BCUT2D eigenvalue weighted by Gasteiger charge is 2.47. The Kier molecular flexibility index (Phi) is 5.60. The van der Waals surface area contributed by atoms with Crippen LogP contribution >= 0.6 is 11.3 Å². The summed E-state index contributed by atoms with van der Waals surface area (Å²) >= 11 is 1.63. The van der Waals surface area contributed by atoms with Crippen LogP contribution < -0.4 is 5.32 Å². The van der Waals surface area contributed by atoms with Gasteiger partial charge in [-0.05, 0) is 73.0 Å². The quantitative estimate of drug-likeness (QED) is 0.519. The maximum absolute atomic E-state index is 13.9. The third-order valence-electron chi connectivity index (χ3n) is 6.70. The molecule has 0 bridgehead atoms. The van der Waals surface area contributed by atoms with Crippen molar-refractivity contribution >= 4 is 28.8 Å². The zero-order valence-corrected chi connectivity index (χ0v) is 19.3. The normalized spacial score (nSPS) is 20.9. The fourth-order valence-corrected chi connectivity index (χ4v) is 6.31. The molecule has 0 radical (unpaired) electrons. The van der Waals surface area contributed by atoms with Gasteiger partial charge in [0.2, 0.25) is 5.91 Å². The van der Waals surface area contributed by atoms with E-state index < -0.39 is 5.92 Å². The van der Waals surface area contributed by atoms with Crippen LogP contribution in [0.15, 0.2) is 60.0 Å². The number of amides is 2. The van der Waals surface area contributed by atoms with Crippen molar-refractivity contribution in [1.82, 2.24) is 4.90 Å². The van der Waals surface area contributed by atoms with Crippen LogP contribution in [0.25, 0.3) is 0 Å². The van der Waals surface area contributed by atoms with Crippen LogP contribution in [0.4, 0.5) is 5.69 Å². The van der Waals surface area contributed by atoms with Gasteiger partial charge in [-0.1, -0.05) is 43.2 Å². The molecule has 5 heteroatoms. The summed E-state index contributed by atoms with van der Waals surface area (Å²) in [5.41, 5.74) is 4.52. The molecular formula is C27H28N2O2S. The van der Waals surface area contributed by atoms with Crippen molar-refractivity contribution in [3.8, 4) is 0 Å². The van der Waals surface area contributed by atoms with E-state index in [1.807, 2.05) is 66.6 Å². The Morgan fingerprint density at radius 1 is 1.00 bits per heavy atom. The van der Waals surface area contributed by atoms with E-state index in [2.05, 4.69) is 17.4 Å². The Balaban J connectivity index is 1.62. The van der Waals surface area contributed by atoms with Gasteiger partial charge in [-0.25, -0.2) is 0 Å². The highest BCUT2D eigenvalue weighted by atomic mass is 32.1. The number of benzene rings is 2. The molecule has 2 aromatic carbocycles. The molecule has 0 spiro atoms. The van der Waals surface area contributed by atoms with Crippen LogP contribution in [0.5, 0.6) is 0 Å². The van der Waals surface area contributed by atoms with Crippen molar-refractivity contribution in [3.05, 3.63) is 87.1 Å². The SMILES string of the molecule is Cc1cc(C)cc(NC(=O)[C@H]2c3ccccc3C(=O)N(C3CCCC3)[C@H]2c2cccs2)c1. The standard InChI is InChI=1S/C27H28N2O2S/c1-17-14-18(2)16-19(15-17)28-26(30)24-21-10-5-6-11-22(21)27(31)29(20-8-3-4-9-20)25(24)23-12-7-13-32-23/h5-7,10-16,20,24-25H,3-4,8-9H2,1-2H3,(H,28,30)/t24-,25-/m0/s1. The van der Waals surface area contributed by atoms with Gasteiger partial charge in [-0.2, -0.15) is 0 Å². The zero-order chi connectivity index (χ0) is 22.2. The van der Waals surface area contributed by atoms with E-state index in [0.29, 0.717) is 5.56 Å². The van der Waals surface area contributed by atoms with Crippen LogP contribution in [-0.4, -0.2) is 22.8 Å². The van der Waals surface area contributed by atoms with Crippen molar-refractivity contribution in [2.75, 3.05) is 5.32 Å². The highest BCUT2D eigenvalue weighted by molar-refractivity contribution is 7.10. The summed E-state index contributed by atoms with van der Waals surface area (Å²) in [6.07, 6.45) is 4.27. The molecule has 4 nitrogen and oxygen atoms in total. The molecule has 2 atom stereocenters. The number of hydrogen-bond acceptors (Lipinski definition) is 3. The molecule has 1 saturated carbocycles. The molecule has 1 aliphatic carbocycles. The summed E-state index contributed by atoms with van der Waals surface area (Å²) in [6, 6.07) is 17.7. The van der Waals surface area contributed by atoms with Crippen molar-refractivity contribution in [2.24, 2.45) is 0 Å². The lowest BCUT2D eigenvalue weighted by atomic mass is 9.80. The Morgan fingerprint density at radius 2 is 1.72 bits per heavy atom. The second-order valence-electron chi connectivity index (χ2n) is 9.04. The molecule has 164 valence electrons. The average Bonchev–Trinajstić information content (AvgIpc) is 3.47. The van der Waals surface area contributed by atoms with Crippen LogP contribution in [0.2, 0.25) is 0 Å². The Labute approximate surface area is 193 Å². The van der Waals surface area contributed by atoms with E-state index in [0.717, 1.165) is 52.9 Å². The molecule has 1 N–H and O–H groups in total. The van der Waals surface area contributed by atoms with Crippen LogP contribution in [0.3, 0.4) is 0 Å². The minimum absolute atomic E-state index is 0.0568. The Hall–Kier alpha value is -2.92. The number of carbonyl (C=O) groups excluding carboxylic acids is 2. The number of anilines is 1. The van der Waals surface area contributed by atoms with Crippen LogP contribution in [-0.2, 0) is 4.79 Å². The smallest absolute Gasteiger partial charge is 0.254 e. The van der Waals surface area contributed by atoms with Gasteiger partial charge in [0, 0.05) is 22.2 Å². The van der Waals surface area contributed by atoms with E-state index in [1.165, 1.54) is 0 Å². The molecular weight excluding hydrogens is 416 g/mol. The summed E-state index contributed by atoms with van der Waals surface area (Å²) in [4.78, 5) is 30.7. The summed E-state index contributed by atoms with van der Waals surface area (Å²) in [7, 11) is 0. The second kappa shape index (κ2) is 8.55. The Bertz CT molecular complexity index is 1130. The molecule has 0 unspecified atom stereocenters. The highest BCUT2D eigenvalue weighted by Crippen LogP contribution is 2.47. The van der Waals surface area contributed by atoms with Gasteiger partial charge < -0.3 is 10.2 Å². The van der Waals surface area contributed by atoms with Crippen molar-refractivity contribution in [1.29, 1.82) is 0 Å². The van der Waals surface area contributed by atoms with Crippen molar-refractivity contribution in [3.63, 3.8) is 0 Å². The molecule has 5 rings (SSSR count). The largest absolute Gasteiger partial charge is 0.327 e. The maximum atomic E-state index is 13.9. The number of hydrogen-bond donors (Lipinski definition) is 1. The number of rotatable bonds is 4. The monoisotopic (exact) mass is 444 g/mol. The molecule has 2 aliphatic rings. The molecule has 2 heterocycles. The van der Waals surface area contributed by atoms with E-state index in [4.69, 9.17) is 0 Å². The maximum Gasteiger partial charge on any atom is 0.254 e. The van der Waals surface area contributed by atoms with Crippen LogP contribution in [0, 0.1) is 13.8 Å². The third kappa shape index (κ3) is 3.75. The predicted octanol–water partition coefficient (Wildman–Crippen LogP) is 6.23. The fraction of sp³-hybridized carbons (Fsp3) is 0.333. The van der Waals surface area contributed by atoms with Gasteiger partial charge in [0.15, 0.2) is 0 Å². The van der Waals surface area contributed by atoms with Crippen LogP contribution in [0.1, 0.15) is 69.6 Å². The number of thiophene rings is 1. The van der Waals surface area contributed by atoms with Crippen molar-refractivity contribution in [2.45, 2.75) is 57.5 Å². The van der Waals surface area contributed by atoms with Crippen molar-refractivity contribution < 1.29 is 9.59 Å². The van der Waals surface area contributed by atoms with Gasteiger partial charge >= 0.3 is 0 Å². The number of nitrogens with one attached hydrogen (secondary N) is 1. The lowest BCUT2D eigenvalue weighted by Gasteiger charge is -2.44. The predicted molar refractivity (Wildman–Crippen MR) is 129 cm³/mol. The van der Waals surface area contributed by atoms with Gasteiger partial charge in [0.25, 0.3) is 5.91 Å². The van der Waals surface area contributed by atoms with E-state index in [1.54, 1.807) is 11.3 Å². The molecule has 1 aliphatic heterocycles.